The van der Waals surface area contributed by atoms with Gasteiger partial charge < -0.3 is 10.2 Å². The summed E-state index contributed by atoms with van der Waals surface area (Å²) in [5.74, 6) is 0.242. The van der Waals surface area contributed by atoms with Crippen molar-refractivity contribution in [3.63, 3.8) is 0 Å². The van der Waals surface area contributed by atoms with E-state index in [1.807, 2.05) is 0 Å². The first kappa shape index (κ1) is 13.4. The molecule has 0 aliphatic carbocycles. The van der Waals surface area contributed by atoms with E-state index < -0.39 is 0 Å². The first-order valence-electron chi connectivity index (χ1n) is 6.37. The van der Waals surface area contributed by atoms with Crippen LogP contribution in [0.1, 0.15) is 38.6 Å². The molecule has 1 saturated heterocycles. The lowest BCUT2D eigenvalue weighted by Gasteiger charge is -2.31. The molecule has 0 spiro atoms. The van der Waals surface area contributed by atoms with Gasteiger partial charge in [0.15, 0.2) is 5.82 Å². The predicted octanol–water partition coefficient (Wildman–Crippen LogP) is -0.365. The largest absolute Gasteiger partial charge is 0.346 e. The first-order valence-corrected chi connectivity index (χ1v) is 6.37. The molecule has 2 N–H and O–H groups in total. The van der Waals surface area contributed by atoms with Crippen LogP contribution in [0.4, 0.5) is 0 Å². The maximum Gasteiger partial charge on any atom is 0.225 e. The number of carbonyl (C=O) groups is 2. The number of tetrazole rings is 1. The van der Waals surface area contributed by atoms with Crippen LogP contribution >= 0.6 is 0 Å². The van der Waals surface area contributed by atoms with Gasteiger partial charge in [-0.3, -0.25) is 9.59 Å². The van der Waals surface area contributed by atoms with Gasteiger partial charge in [0.1, 0.15) is 0 Å². The molecule has 19 heavy (non-hydrogen) atoms. The SMILES string of the molecule is CC(=O)N1CCCC(C(=O)NC(C)c2nn[nH]n2)C1. The molecule has 8 heteroatoms. The number of carbonyl (C=O) groups excluding carboxylic acids is 2. The molecular weight excluding hydrogens is 248 g/mol. The van der Waals surface area contributed by atoms with Crippen LogP contribution < -0.4 is 5.32 Å². The van der Waals surface area contributed by atoms with Crippen LogP contribution in [-0.4, -0.2) is 50.4 Å². The van der Waals surface area contributed by atoms with Gasteiger partial charge in [-0.15, -0.1) is 10.2 Å². The molecule has 2 amide bonds. The number of hydrogen-bond donors (Lipinski definition) is 2. The number of likely N-dealkylation sites (tertiary alicyclic amines) is 1. The molecule has 1 aromatic rings. The minimum atomic E-state index is -0.293. The van der Waals surface area contributed by atoms with Gasteiger partial charge in [-0.25, -0.2) is 0 Å². The molecule has 0 saturated carbocycles. The van der Waals surface area contributed by atoms with Crippen LogP contribution in [0.15, 0.2) is 0 Å². The van der Waals surface area contributed by atoms with Gasteiger partial charge in [0, 0.05) is 20.0 Å². The van der Waals surface area contributed by atoms with E-state index in [9.17, 15) is 9.59 Å². The fourth-order valence-electron chi connectivity index (χ4n) is 2.23. The van der Waals surface area contributed by atoms with E-state index in [2.05, 4.69) is 25.9 Å². The molecular formula is C11H18N6O2. The maximum absolute atomic E-state index is 12.1. The molecule has 1 aliphatic rings. The topological polar surface area (TPSA) is 104 Å². The third-order valence-electron chi connectivity index (χ3n) is 3.35. The summed E-state index contributed by atoms with van der Waals surface area (Å²) in [5, 5.41) is 16.3. The molecule has 0 bridgehead atoms. The van der Waals surface area contributed by atoms with Gasteiger partial charge in [0.25, 0.3) is 0 Å². The minimum absolute atomic E-state index is 0.0173. The van der Waals surface area contributed by atoms with Crippen molar-refractivity contribution in [1.82, 2.24) is 30.8 Å². The molecule has 1 aromatic heterocycles. The molecule has 1 aliphatic heterocycles. The van der Waals surface area contributed by atoms with Crippen molar-refractivity contribution in [2.45, 2.75) is 32.7 Å². The van der Waals surface area contributed by atoms with Crippen molar-refractivity contribution in [1.29, 1.82) is 0 Å². The Kier molecular flexibility index (Phi) is 4.08. The van der Waals surface area contributed by atoms with Crippen molar-refractivity contribution in [2.75, 3.05) is 13.1 Å². The van der Waals surface area contributed by atoms with E-state index in [1.54, 1.807) is 11.8 Å². The van der Waals surface area contributed by atoms with Crippen molar-refractivity contribution in [2.24, 2.45) is 5.92 Å². The lowest BCUT2D eigenvalue weighted by Crippen LogP contribution is -2.45. The van der Waals surface area contributed by atoms with E-state index in [0.717, 1.165) is 19.4 Å². The first-order chi connectivity index (χ1) is 9.08. The van der Waals surface area contributed by atoms with Gasteiger partial charge in [0.2, 0.25) is 11.8 Å². The summed E-state index contributed by atoms with van der Waals surface area (Å²) in [5.41, 5.74) is 0. The maximum atomic E-state index is 12.1. The second kappa shape index (κ2) is 5.77. The molecule has 8 nitrogen and oxygen atoms in total. The van der Waals surface area contributed by atoms with Crippen LogP contribution in [0.2, 0.25) is 0 Å². The lowest BCUT2D eigenvalue weighted by molar-refractivity contribution is -0.134. The minimum Gasteiger partial charge on any atom is -0.346 e. The Morgan fingerprint density at radius 3 is 2.95 bits per heavy atom. The Morgan fingerprint density at radius 2 is 2.32 bits per heavy atom. The smallest absolute Gasteiger partial charge is 0.225 e. The van der Waals surface area contributed by atoms with Crippen LogP contribution in [0.3, 0.4) is 0 Å². The molecule has 1 fully saturated rings. The zero-order valence-electron chi connectivity index (χ0n) is 11.1. The standard InChI is InChI=1S/C11H18N6O2/c1-7(10-13-15-16-14-10)12-11(19)9-4-3-5-17(6-9)8(2)18/h7,9H,3-6H2,1-2H3,(H,12,19)(H,13,14,15,16). The Balaban J connectivity index is 1.91. The summed E-state index contributed by atoms with van der Waals surface area (Å²) in [6.07, 6.45) is 1.66. The summed E-state index contributed by atoms with van der Waals surface area (Å²) >= 11 is 0. The fourth-order valence-corrected chi connectivity index (χ4v) is 2.23. The molecule has 104 valence electrons. The van der Waals surface area contributed by atoms with Crippen LogP contribution in [0.25, 0.3) is 0 Å². The van der Waals surface area contributed by atoms with Crippen molar-refractivity contribution in [3.05, 3.63) is 5.82 Å². The zero-order chi connectivity index (χ0) is 13.8. The second-order valence-corrected chi connectivity index (χ2v) is 4.80. The summed E-state index contributed by atoms with van der Waals surface area (Å²) in [6.45, 7) is 4.55. The van der Waals surface area contributed by atoms with E-state index in [-0.39, 0.29) is 23.8 Å². The van der Waals surface area contributed by atoms with Crippen molar-refractivity contribution >= 4 is 11.8 Å². The van der Waals surface area contributed by atoms with Gasteiger partial charge in [0.05, 0.1) is 12.0 Å². The van der Waals surface area contributed by atoms with E-state index in [4.69, 9.17) is 0 Å². The van der Waals surface area contributed by atoms with Gasteiger partial charge in [-0.1, -0.05) is 5.21 Å². The summed E-state index contributed by atoms with van der Waals surface area (Å²) < 4.78 is 0. The highest BCUT2D eigenvalue weighted by molar-refractivity contribution is 5.80. The normalized spacial score (nSPS) is 20.9. The number of hydrogen-bond acceptors (Lipinski definition) is 5. The Hall–Kier alpha value is -1.99. The lowest BCUT2D eigenvalue weighted by atomic mass is 9.97. The van der Waals surface area contributed by atoms with Gasteiger partial charge >= 0.3 is 0 Å². The molecule has 2 rings (SSSR count). The number of nitrogens with zero attached hydrogens (tertiary/aromatic N) is 4. The molecule has 2 unspecified atom stereocenters. The van der Waals surface area contributed by atoms with Crippen LogP contribution in [-0.2, 0) is 9.59 Å². The van der Waals surface area contributed by atoms with Crippen molar-refractivity contribution in [3.8, 4) is 0 Å². The molecule has 0 radical (unpaired) electrons. The number of aromatic amines is 1. The van der Waals surface area contributed by atoms with Crippen molar-refractivity contribution < 1.29 is 9.59 Å². The summed E-state index contributed by atoms with van der Waals surface area (Å²) in [7, 11) is 0. The number of aromatic nitrogens is 4. The third kappa shape index (κ3) is 3.27. The van der Waals surface area contributed by atoms with Crippen LogP contribution in [0.5, 0.6) is 0 Å². The molecule has 0 aromatic carbocycles. The predicted molar refractivity (Wildman–Crippen MR) is 65.7 cm³/mol. The number of amides is 2. The van der Waals surface area contributed by atoms with E-state index >= 15 is 0 Å². The Bertz CT molecular complexity index is 446. The number of H-pyrrole nitrogens is 1. The zero-order valence-corrected chi connectivity index (χ0v) is 11.1. The highest BCUT2D eigenvalue weighted by Crippen LogP contribution is 2.18. The van der Waals surface area contributed by atoms with Crippen LogP contribution in [0, 0.1) is 5.92 Å². The fraction of sp³-hybridized carbons (Fsp3) is 0.727. The highest BCUT2D eigenvalue weighted by Gasteiger charge is 2.28. The third-order valence-corrected chi connectivity index (χ3v) is 3.35. The molecule has 2 atom stereocenters. The summed E-state index contributed by atoms with van der Waals surface area (Å²) in [6, 6.07) is -0.293. The number of nitrogens with one attached hydrogen (secondary N) is 2. The number of piperidine rings is 1. The monoisotopic (exact) mass is 266 g/mol. The van der Waals surface area contributed by atoms with E-state index in [1.165, 1.54) is 6.92 Å². The average Bonchev–Trinajstić information content (AvgIpc) is 2.92. The Morgan fingerprint density at radius 1 is 1.53 bits per heavy atom. The molecule has 2 heterocycles. The van der Waals surface area contributed by atoms with Gasteiger partial charge in [-0.05, 0) is 19.8 Å². The average molecular weight is 266 g/mol. The second-order valence-electron chi connectivity index (χ2n) is 4.80. The quantitative estimate of drug-likeness (QED) is 0.777. The highest BCUT2D eigenvalue weighted by atomic mass is 16.2. The Labute approximate surface area is 110 Å². The number of rotatable bonds is 3. The van der Waals surface area contributed by atoms with E-state index in [0.29, 0.717) is 12.4 Å². The summed E-state index contributed by atoms with van der Waals surface area (Å²) in [4.78, 5) is 25.2. The van der Waals surface area contributed by atoms with Gasteiger partial charge in [-0.2, -0.15) is 5.21 Å².